The third kappa shape index (κ3) is 7.32. The van der Waals surface area contributed by atoms with Crippen molar-refractivity contribution in [2.75, 3.05) is 0 Å². The molecule has 0 saturated heterocycles. The maximum Gasteiger partial charge on any atom is 0.0920 e. The van der Waals surface area contributed by atoms with Gasteiger partial charge in [-0.2, -0.15) is 35.5 Å². The van der Waals surface area contributed by atoms with Gasteiger partial charge in [0.05, 0.1) is 9.52 Å². The van der Waals surface area contributed by atoms with Gasteiger partial charge in [0.2, 0.25) is 0 Å². The van der Waals surface area contributed by atoms with E-state index in [0.717, 1.165) is 15.9 Å². The molecule has 1 aliphatic heterocycles. The van der Waals surface area contributed by atoms with Crippen molar-refractivity contribution < 1.29 is 20.8 Å². The smallest absolute Gasteiger partial charge is 0.0920 e. The fourth-order valence-electron chi connectivity index (χ4n) is 5.43. The fraction of sp³-hybridized carbons (Fsp3) is 0.250. The van der Waals surface area contributed by atoms with E-state index in [-0.39, 0.29) is 5.41 Å². The van der Waals surface area contributed by atoms with Crippen LogP contribution in [0.2, 0.25) is 0 Å². The molecule has 2 radical (unpaired) electrons. The van der Waals surface area contributed by atoms with Gasteiger partial charge in [0.1, 0.15) is 0 Å². The molecule has 0 aliphatic carbocycles. The van der Waals surface area contributed by atoms with Gasteiger partial charge >= 0.3 is 37.9 Å². The van der Waals surface area contributed by atoms with Gasteiger partial charge in [-0.25, -0.2) is 0 Å². The molecule has 202 valence electrons. The molecular weight excluding hydrogens is 623 g/mol. The average molecular weight is 659 g/mol. The zero-order valence-electron chi connectivity index (χ0n) is 24.2. The summed E-state index contributed by atoms with van der Waals surface area (Å²) in [6, 6.07) is 36.4. The van der Waals surface area contributed by atoms with E-state index in [1.54, 1.807) is 0 Å². The number of aryl methyl sites for hydroxylation is 1. The predicted octanol–water partition coefficient (Wildman–Crippen LogP) is 9.53. The van der Waals surface area contributed by atoms with Gasteiger partial charge in [-0.3, -0.25) is 0 Å². The first-order chi connectivity index (χ1) is 19.1. The maximum absolute atomic E-state index is 4.93. The second-order valence-corrected chi connectivity index (χ2v) is 16.7. The molecule has 5 aromatic carbocycles. The summed E-state index contributed by atoms with van der Waals surface area (Å²) in [7, 11) is 10.7. The molecular formula is C36H36Cl2SiZr. The fourth-order valence-corrected chi connectivity index (χ4v) is 6.74. The molecule has 4 heteroatoms. The Morgan fingerprint density at radius 3 is 2.20 bits per heavy atom. The van der Waals surface area contributed by atoms with Crippen molar-refractivity contribution in [1.82, 2.24) is 0 Å². The Morgan fingerprint density at radius 2 is 1.52 bits per heavy atom. The second kappa shape index (κ2) is 13.9. The third-order valence-corrected chi connectivity index (χ3v) is 8.52. The Bertz CT molecular complexity index is 1530. The van der Waals surface area contributed by atoms with Crippen molar-refractivity contribution in [3.8, 4) is 22.3 Å². The zero-order valence-corrected chi connectivity index (χ0v) is 29.2. The number of hydrogen-bond acceptors (Lipinski definition) is 0. The van der Waals surface area contributed by atoms with E-state index in [0.29, 0.717) is 5.92 Å². The van der Waals surface area contributed by atoms with Crippen LogP contribution in [0.5, 0.6) is 0 Å². The summed E-state index contributed by atoms with van der Waals surface area (Å²) in [5.74, 6) is 0.686. The summed E-state index contributed by atoms with van der Waals surface area (Å²) in [5, 5.41) is 5.60. The van der Waals surface area contributed by atoms with E-state index in [9.17, 15) is 0 Å². The molecule has 0 atom stereocenters. The summed E-state index contributed by atoms with van der Waals surface area (Å²) < 4.78 is 0. The van der Waals surface area contributed by atoms with Gasteiger partial charge < -0.3 is 0 Å². The van der Waals surface area contributed by atoms with E-state index in [1.807, 2.05) is 6.07 Å². The van der Waals surface area contributed by atoms with Crippen molar-refractivity contribution in [2.45, 2.75) is 53.4 Å². The van der Waals surface area contributed by atoms with Gasteiger partial charge in [-0.15, -0.1) is 40.1 Å². The second-order valence-electron chi connectivity index (χ2n) is 11.7. The van der Waals surface area contributed by atoms with Crippen molar-refractivity contribution in [3.05, 3.63) is 114 Å². The molecule has 1 heterocycles. The number of halogens is 2. The molecule has 0 nitrogen and oxygen atoms in total. The molecule has 0 amide bonds. The standard InChI is InChI=1S/C24H29.C12H7Si.2ClH.Zr/c1-16(2)13-18-14-19-11-12-22(24(4,5)6)23(21(19)15-18)20-10-8-7-9-17(20)3;1-3-7-11-9(5-1)10-6-2-4-8-12(10)13-11;;;/h7-12,14-16H,13H2,1-6H3;1-7H;2*1H;/q2*-1;;;+4/p-2. The molecule has 6 rings (SSSR count). The molecule has 0 saturated carbocycles. The van der Waals surface area contributed by atoms with Crippen LogP contribution in [-0.4, -0.2) is 9.52 Å². The topological polar surface area (TPSA) is 0 Å². The molecule has 0 N–H and O–H groups in total. The minimum Gasteiger partial charge on any atom is -0.184 e. The number of fused-ring (bicyclic) bond motifs is 4. The van der Waals surface area contributed by atoms with Crippen molar-refractivity contribution in [3.63, 3.8) is 0 Å². The molecule has 0 aromatic heterocycles. The summed E-state index contributed by atoms with van der Waals surface area (Å²) in [6.07, 6.45) is 1.15. The molecule has 40 heavy (non-hydrogen) atoms. The van der Waals surface area contributed by atoms with E-state index in [2.05, 4.69) is 133 Å². The normalized spacial score (nSPS) is 11.6. The first-order valence-corrected chi connectivity index (χ1v) is 21.1. The Kier molecular flexibility index (Phi) is 10.8. The van der Waals surface area contributed by atoms with Crippen LogP contribution in [0.25, 0.3) is 33.0 Å². The minimum atomic E-state index is -0.826. The van der Waals surface area contributed by atoms with Crippen LogP contribution in [0.1, 0.15) is 51.3 Å². The van der Waals surface area contributed by atoms with Crippen LogP contribution in [0.4, 0.5) is 0 Å². The number of hydrogen-bond donors (Lipinski definition) is 0. The van der Waals surface area contributed by atoms with E-state index in [4.69, 9.17) is 17.0 Å². The van der Waals surface area contributed by atoms with Crippen LogP contribution in [0.3, 0.4) is 0 Å². The number of rotatable bonds is 3. The Hall–Kier alpha value is -1.83. The molecule has 5 aromatic rings. The quantitative estimate of drug-likeness (QED) is 0.131. The first kappa shape index (κ1) is 31.1. The Labute approximate surface area is 262 Å². The molecule has 1 aliphatic rings. The van der Waals surface area contributed by atoms with Crippen LogP contribution >= 0.6 is 17.0 Å². The van der Waals surface area contributed by atoms with E-state index >= 15 is 0 Å². The summed E-state index contributed by atoms with van der Waals surface area (Å²) in [4.78, 5) is 0. The third-order valence-electron chi connectivity index (χ3n) is 7.15. The summed E-state index contributed by atoms with van der Waals surface area (Å²) in [5.41, 5.74) is 9.93. The van der Waals surface area contributed by atoms with Gasteiger partial charge in [-0.05, 0) is 35.8 Å². The Balaban J connectivity index is 0.000000192. The van der Waals surface area contributed by atoms with E-state index < -0.39 is 20.8 Å². The molecule has 0 bridgehead atoms. The predicted molar refractivity (Wildman–Crippen MR) is 174 cm³/mol. The zero-order chi connectivity index (χ0) is 28.9. The van der Waals surface area contributed by atoms with Crippen LogP contribution in [0, 0.1) is 18.9 Å². The summed E-state index contributed by atoms with van der Waals surface area (Å²) >= 11 is -0.826. The minimum absolute atomic E-state index is 0.126. The van der Waals surface area contributed by atoms with Crippen LogP contribution < -0.4 is 10.4 Å². The van der Waals surface area contributed by atoms with Gasteiger partial charge in [0.15, 0.2) is 0 Å². The molecule has 0 spiro atoms. The summed E-state index contributed by atoms with van der Waals surface area (Å²) in [6.45, 7) is 13.7. The first-order valence-electron chi connectivity index (χ1n) is 13.8. The van der Waals surface area contributed by atoms with Crippen LogP contribution in [-0.2, 0) is 32.7 Å². The van der Waals surface area contributed by atoms with Crippen LogP contribution in [0.15, 0.2) is 91.0 Å². The van der Waals surface area contributed by atoms with Crippen molar-refractivity contribution in [2.24, 2.45) is 5.92 Å². The SMILES string of the molecule is Cc1ccccc1-c1c(C(C)(C)C)ccc2[cH-]c(CC(C)C)cc12.[Cl][Zr+2][Cl].[c-]1cccc2c1[Si]c1ccccc1-2. The Morgan fingerprint density at radius 1 is 0.875 bits per heavy atom. The van der Waals surface area contributed by atoms with Gasteiger partial charge in [0.25, 0.3) is 0 Å². The van der Waals surface area contributed by atoms with Crippen molar-refractivity contribution >= 4 is 47.7 Å². The van der Waals surface area contributed by atoms with Gasteiger partial charge in [0, 0.05) is 0 Å². The largest absolute Gasteiger partial charge is 0.184 e. The molecule has 0 unspecified atom stereocenters. The number of benzene rings is 4. The van der Waals surface area contributed by atoms with Crippen molar-refractivity contribution in [1.29, 1.82) is 0 Å². The van der Waals surface area contributed by atoms with E-state index in [1.165, 1.54) is 60.1 Å². The molecule has 0 fully saturated rings. The monoisotopic (exact) mass is 656 g/mol. The average Bonchev–Trinajstić information content (AvgIpc) is 3.49. The van der Waals surface area contributed by atoms with Gasteiger partial charge in [-0.1, -0.05) is 105 Å². The maximum atomic E-state index is 4.93.